The van der Waals surface area contributed by atoms with Gasteiger partial charge in [-0.2, -0.15) is 0 Å². The summed E-state index contributed by atoms with van der Waals surface area (Å²) in [6, 6.07) is 13.6. The van der Waals surface area contributed by atoms with Crippen molar-refractivity contribution < 1.29 is 14.3 Å². The molecule has 0 spiro atoms. The Hall–Kier alpha value is -3.02. The van der Waals surface area contributed by atoms with E-state index in [0.717, 1.165) is 30.0 Å². The van der Waals surface area contributed by atoms with Crippen LogP contribution in [0.3, 0.4) is 0 Å². The van der Waals surface area contributed by atoms with Crippen LogP contribution >= 0.6 is 0 Å². The van der Waals surface area contributed by atoms with Gasteiger partial charge in [0, 0.05) is 31.0 Å². The number of hydrogen-bond acceptors (Lipinski definition) is 3. The highest BCUT2D eigenvalue weighted by Gasteiger charge is 2.33. The van der Waals surface area contributed by atoms with Crippen LogP contribution < -0.4 is 14.5 Å². The second-order valence-electron chi connectivity index (χ2n) is 7.56. The van der Waals surface area contributed by atoms with Crippen LogP contribution in [-0.4, -0.2) is 49.6 Å². The van der Waals surface area contributed by atoms with E-state index in [9.17, 15) is 9.59 Å². The molecule has 2 aliphatic rings. The van der Waals surface area contributed by atoms with E-state index in [-0.39, 0.29) is 18.5 Å². The molecule has 29 heavy (non-hydrogen) atoms. The molecule has 0 saturated carbocycles. The van der Waals surface area contributed by atoms with Gasteiger partial charge in [-0.1, -0.05) is 17.7 Å². The quantitative estimate of drug-likeness (QED) is 0.780. The minimum atomic E-state index is -0.122. The third-order valence-electron chi connectivity index (χ3n) is 5.54. The molecule has 0 aliphatic carbocycles. The van der Waals surface area contributed by atoms with Crippen molar-refractivity contribution in [3.05, 3.63) is 53.6 Å². The zero-order chi connectivity index (χ0) is 20.4. The number of carbonyl (C=O) groups excluding carboxylic acids is 2. The third kappa shape index (κ3) is 3.92. The monoisotopic (exact) mass is 393 g/mol. The fraction of sp³-hybridized carbons (Fsp3) is 0.391. The number of amides is 3. The van der Waals surface area contributed by atoms with Gasteiger partial charge in [-0.15, -0.1) is 0 Å². The molecule has 0 aromatic heterocycles. The van der Waals surface area contributed by atoms with Gasteiger partial charge in [0.15, 0.2) is 0 Å². The predicted octanol–water partition coefficient (Wildman–Crippen LogP) is 3.62. The number of ether oxygens (including phenoxy) is 1. The van der Waals surface area contributed by atoms with Crippen molar-refractivity contribution in [3.63, 3.8) is 0 Å². The van der Waals surface area contributed by atoms with E-state index in [0.29, 0.717) is 26.2 Å². The number of nitrogens with zero attached hydrogens (tertiary/aromatic N) is 3. The van der Waals surface area contributed by atoms with Crippen LogP contribution in [0.1, 0.15) is 24.5 Å². The van der Waals surface area contributed by atoms with E-state index in [1.165, 1.54) is 11.1 Å². The molecule has 0 N–H and O–H groups in total. The molecule has 1 saturated heterocycles. The van der Waals surface area contributed by atoms with Crippen molar-refractivity contribution in [1.82, 2.24) is 4.90 Å². The van der Waals surface area contributed by atoms with Crippen LogP contribution in [0.4, 0.5) is 16.2 Å². The summed E-state index contributed by atoms with van der Waals surface area (Å²) in [5.41, 5.74) is 4.24. The summed E-state index contributed by atoms with van der Waals surface area (Å²) in [5, 5.41) is 0. The SMILES string of the molecule is CCOc1ccc(N2CCN(CC(=O)N3CCCc4cc(C)ccc43)C2=O)cc1. The van der Waals surface area contributed by atoms with Crippen LogP contribution in [0.25, 0.3) is 0 Å². The number of hydrogen-bond donors (Lipinski definition) is 0. The second kappa shape index (κ2) is 8.15. The maximum atomic E-state index is 13.0. The summed E-state index contributed by atoms with van der Waals surface area (Å²) in [4.78, 5) is 31.1. The molecule has 2 aromatic carbocycles. The lowest BCUT2D eigenvalue weighted by Gasteiger charge is -2.31. The van der Waals surface area contributed by atoms with Crippen LogP contribution in [0, 0.1) is 6.92 Å². The van der Waals surface area contributed by atoms with Gasteiger partial charge < -0.3 is 14.5 Å². The average Bonchev–Trinajstić information content (AvgIpc) is 3.08. The maximum absolute atomic E-state index is 13.0. The lowest BCUT2D eigenvalue weighted by Crippen LogP contribution is -2.44. The third-order valence-corrected chi connectivity index (χ3v) is 5.54. The number of urea groups is 1. The van der Waals surface area contributed by atoms with E-state index in [4.69, 9.17) is 4.74 Å². The van der Waals surface area contributed by atoms with Gasteiger partial charge in [-0.05, 0) is 62.6 Å². The highest BCUT2D eigenvalue weighted by Crippen LogP contribution is 2.29. The van der Waals surface area contributed by atoms with E-state index in [2.05, 4.69) is 13.0 Å². The highest BCUT2D eigenvalue weighted by atomic mass is 16.5. The Morgan fingerprint density at radius 1 is 1.07 bits per heavy atom. The number of rotatable bonds is 5. The highest BCUT2D eigenvalue weighted by molar-refractivity contribution is 6.01. The summed E-state index contributed by atoms with van der Waals surface area (Å²) in [6.07, 6.45) is 1.95. The van der Waals surface area contributed by atoms with Gasteiger partial charge >= 0.3 is 6.03 Å². The van der Waals surface area contributed by atoms with Crippen molar-refractivity contribution in [3.8, 4) is 5.75 Å². The van der Waals surface area contributed by atoms with E-state index >= 15 is 0 Å². The van der Waals surface area contributed by atoms with Crippen molar-refractivity contribution in [2.45, 2.75) is 26.7 Å². The largest absolute Gasteiger partial charge is 0.494 e. The summed E-state index contributed by atoms with van der Waals surface area (Å²) in [7, 11) is 0. The van der Waals surface area contributed by atoms with Gasteiger partial charge in [0.2, 0.25) is 5.91 Å². The van der Waals surface area contributed by atoms with Gasteiger partial charge in [0.25, 0.3) is 0 Å². The van der Waals surface area contributed by atoms with Crippen LogP contribution in [-0.2, 0) is 11.2 Å². The Labute approximate surface area is 171 Å². The average molecular weight is 393 g/mol. The molecule has 0 unspecified atom stereocenters. The molecule has 3 amide bonds. The van der Waals surface area contributed by atoms with Crippen molar-refractivity contribution in [2.75, 3.05) is 42.6 Å². The number of carbonyl (C=O) groups is 2. The summed E-state index contributed by atoms with van der Waals surface area (Å²) >= 11 is 0. The first-order chi connectivity index (χ1) is 14.1. The minimum absolute atomic E-state index is 0.0169. The first-order valence-corrected chi connectivity index (χ1v) is 10.3. The Morgan fingerprint density at radius 3 is 2.62 bits per heavy atom. The molecule has 0 bridgehead atoms. The molecule has 0 atom stereocenters. The molecule has 6 heteroatoms. The molecule has 2 aliphatic heterocycles. The summed E-state index contributed by atoms with van der Waals surface area (Å²) < 4.78 is 5.46. The molecular formula is C23H27N3O3. The summed E-state index contributed by atoms with van der Waals surface area (Å²) in [5.74, 6) is 0.769. The van der Waals surface area contributed by atoms with Crippen LogP contribution in [0.5, 0.6) is 5.75 Å². The number of fused-ring (bicyclic) bond motifs is 1. The fourth-order valence-electron chi connectivity index (χ4n) is 4.09. The maximum Gasteiger partial charge on any atom is 0.325 e. The number of benzene rings is 2. The van der Waals surface area contributed by atoms with Crippen molar-refractivity contribution >= 4 is 23.3 Å². The Balaban J connectivity index is 1.43. The van der Waals surface area contributed by atoms with Gasteiger partial charge in [0.1, 0.15) is 12.3 Å². The number of anilines is 2. The van der Waals surface area contributed by atoms with Crippen LogP contribution in [0.15, 0.2) is 42.5 Å². The zero-order valence-corrected chi connectivity index (χ0v) is 17.1. The summed E-state index contributed by atoms with van der Waals surface area (Å²) in [6.45, 7) is 6.56. The van der Waals surface area contributed by atoms with E-state index in [1.807, 2.05) is 48.2 Å². The van der Waals surface area contributed by atoms with Gasteiger partial charge in [0.05, 0.1) is 6.61 Å². The lowest BCUT2D eigenvalue weighted by atomic mass is 9.99. The Kier molecular flexibility index (Phi) is 5.43. The smallest absolute Gasteiger partial charge is 0.325 e. The number of aryl methyl sites for hydroxylation is 2. The predicted molar refractivity (Wildman–Crippen MR) is 114 cm³/mol. The van der Waals surface area contributed by atoms with Gasteiger partial charge in [-0.25, -0.2) is 4.79 Å². The molecule has 152 valence electrons. The lowest BCUT2D eigenvalue weighted by molar-refractivity contribution is -0.119. The topological polar surface area (TPSA) is 53.1 Å². The van der Waals surface area contributed by atoms with E-state index < -0.39 is 0 Å². The van der Waals surface area contributed by atoms with Gasteiger partial charge in [-0.3, -0.25) is 9.69 Å². The Morgan fingerprint density at radius 2 is 1.86 bits per heavy atom. The molecule has 2 heterocycles. The molecule has 0 radical (unpaired) electrons. The fourth-order valence-corrected chi connectivity index (χ4v) is 4.09. The normalized spacial score (nSPS) is 16.2. The molecular weight excluding hydrogens is 366 g/mol. The molecule has 1 fully saturated rings. The van der Waals surface area contributed by atoms with E-state index in [1.54, 1.807) is 9.80 Å². The first-order valence-electron chi connectivity index (χ1n) is 10.3. The van der Waals surface area contributed by atoms with Crippen molar-refractivity contribution in [1.29, 1.82) is 0 Å². The Bertz CT molecular complexity index is 910. The van der Waals surface area contributed by atoms with Crippen LogP contribution in [0.2, 0.25) is 0 Å². The molecule has 6 nitrogen and oxygen atoms in total. The van der Waals surface area contributed by atoms with Crippen molar-refractivity contribution in [2.24, 2.45) is 0 Å². The second-order valence-corrected chi connectivity index (χ2v) is 7.56. The standard InChI is InChI=1S/C23H27N3O3/c1-3-29-20-9-7-19(8-10-20)25-14-13-24(23(25)28)16-22(27)26-12-4-5-18-15-17(2)6-11-21(18)26/h6-11,15H,3-5,12-14,16H2,1-2H3. The molecule has 4 rings (SSSR count). The first kappa shape index (κ1) is 19.3. The minimum Gasteiger partial charge on any atom is -0.494 e. The molecule has 2 aromatic rings. The zero-order valence-electron chi connectivity index (χ0n) is 17.1.